The van der Waals surface area contributed by atoms with Gasteiger partial charge in [-0.15, -0.1) is 0 Å². The van der Waals surface area contributed by atoms with Gasteiger partial charge in [0.2, 0.25) is 0 Å². The number of nitrogens with zero attached hydrogens (tertiary/aromatic N) is 2. The number of anilines is 1. The Kier molecular flexibility index (Phi) is 5.37. The van der Waals surface area contributed by atoms with Crippen LogP contribution in [0.15, 0.2) is 41.0 Å². The van der Waals surface area contributed by atoms with Crippen LogP contribution in [-0.2, 0) is 0 Å². The van der Waals surface area contributed by atoms with Gasteiger partial charge in [0, 0.05) is 24.8 Å². The normalized spacial score (nSPS) is 14.9. The fourth-order valence-corrected chi connectivity index (χ4v) is 3.27. The van der Waals surface area contributed by atoms with Gasteiger partial charge in [0.15, 0.2) is 0 Å². The first-order valence-corrected chi connectivity index (χ1v) is 9.12. The fraction of sp³-hybridized carbons (Fsp3) is 0.368. The van der Waals surface area contributed by atoms with E-state index in [-0.39, 0.29) is 17.8 Å². The van der Waals surface area contributed by atoms with E-state index in [2.05, 4.69) is 26.2 Å². The summed E-state index contributed by atoms with van der Waals surface area (Å²) in [7, 11) is 3.42. The molecule has 1 fully saturated rings. The number of hydrogen-bond acceptors (Lipinski definition) is 3. The fourth-order valence-electron chi connectivity index (χ4n) is 2.78. The molecule has 6 heteroatoms. The minimum atomic E-state index is -0.258. The molecule has 4 nitrogen and oxygen atoms in total. The summed E-state index contributed by atoms with van der Waals surface area (Å²) in [5.41, 5.74) is 1.44. The van der Waals surface area contributed by atoms with E-state index in [4.69, 9.17) is 0 Å². The van der Waals surface area contributed by atoms with Crippen molar-refractivity contribution in [1.29, 1.82) is 0 Å². The van der Waals surface area contributed by atoms with Crippen LogP contribution in [0.2, 0.25) is 0 Å². The van der Waals surface area contributed by atoms with Crippen LogP contribution < -0.4 is 5.32 Å². The molecule has 0 spiro atoms. The van der Waals surface area contributed by atoms with Gasteiger partial charge in [-0.1, -0.05) is 28.8 Å². The largest absolute Gasteiger partial charge is 0.363 e. The highest BCUT2D eigenvalue weighted by Gasteiger charge is 2.27. The summed E-state index contributed by atoms with van der Waals surface area (Å²) in [6.45, 7) is 0. The molecule has 132 valence electrons. The first-order valence-electron chi connectivity index (χ1n) is 8.32. The summed E-state index contributed by atoms with van der Waals surface area (Å²) in [6, 6.07) is 8.50. The van der Waals surface area contributed by atoms with E-state index in [0.717, 1.165) is 16.5 Å². The third kappa shape index (κ3) is 4.78. The van der Waals surface area contributed by atoms with Crippen LogP contribution in [-0.4, -0.2) is 29.9 Å². The summed E-state index contributed by atoms with van der Waals surface area (Å²) < 4.78 is 14.5. The highest BCUT2D eigenvalue weighted by molar-refractivity contribution is 9.10. The van der Waals surface area contributed by atoms with Crippen LogP contribution >= 0.6 is 15.9 Å². The van der Waals surface area contributed by atoms with Crippen molar-refractivity contribution in [1.82, 2.24) is 9.88 Å². The van der Waals surface area contributed by atoms with Gasteiger partial charge < -0.3 is 10.2 Å². The molecule has 1 unspecified atom stereocenters. The van der Waals surface area contributed by atoms with E-state index in [1.165, 1.54) is 23.8 Å². The van der Waals surface area contributed by atoms with E-state index in [1.54, 1.807) is 38.5 Å². The van der Waals surface area contributed by atoms with Gasteiger partial charge in [0.25, 0.3) is 5.91 Å². The Morgan fingerprint density at radius 1 is 1.36 bits per heavy atom. The zero-order valence-corrected chi connectivity index (χ0v) is 15.9. The van der Waals surface area contributed by atoms with Gasteiger partial charge in [-0.2, -0.15) is 0 Å². The lowest BCUT2D eigenvalue weighted by Crippen LogP contribution is -2.22. The van der Waals surface area contributed by atoms with Gasteiger partial charge in [0.1, 0.15) is 11.6 Å². The summed E-state index contributed by atoms with van der Waals surface area (Å²) >= 11 is 3.36. The Labute approximate surface area is 155 Å². The van der Waals surface area contributed by atoms with E-state index in [9.17, 15) is 9.18 Å². The molecule has 1 amide bonds. The standard InChI is InChI=1S/C19H21BrFN3O/c1-24(2)19(25)13-5-6-18(22-11-13)23-17(7-12-3-4-12)14-8-15(20)10-16(21)9-14/h5-6,8-12,17H,3-4,7H2,1-2H3,(H,22,23). The van der Waals surface area contributed by atoms with Crippen molar-refractivity contribution in [3.05, 3.63) is 57.9 Å². The third-order valence-electron chi connectivity index (χ3n) is 4.29. The summed E-state index contributed by atoms with van der Waals surface area (Å²) in [5, 5.41) is 3.39. The second-order valence-electron chi connectivity index (χ2n) is 6.71. The molecular formula is C19H21BrFN3O. The number of nitrogens with one attached hydrogen (secondary N) is 1. The van der Waals surface area contributed by atoms with Gasteiger partial charge in [-0.3, -0.25) is 4.79 Å². The Morgan fingerprint density at radius 3 is 2.68 bits per heavy atom. The second kappa shape index (κ2) is 7.52. The molecule has 25 heavy (non-hydrogen) atoms. The number of carbonyl (C=O) groups is 1. The Bertz CT molecular complexity index is 740. The topological polar surface area (TPSA) is 45.2 Å². The molecule has 2 aromatic rings. The average Bonchev–Trinajstić information content (AvgIpc) is 3.37. The van der Waals surface area contributed by atoms with Crippen LogP contribution in [0.5, 0.6) is 0 Å². The van der Waals surface area contributed by atoms with Crippen molar-refractivity contribution in [3.8, 4) is 0 Å². The number of benzene rings is 1. The van der Waals surface area contributed by atoms with Gasteiger partial charge in [-0.25, -0.2) is 9.37 Å². The molecule has 0 radical (unpaired) electrons. The summed E-state index contributed by atoms with van der Waals surface area (Å²) in [4.78, 5) is 17.8. The number of carbonyl (C=O) groups excluding carboxylic acids is 1. The molecule has 1 heterocycles. The van der Waals surface area contributed by atoms with Gasteiger partial charge >= 0.3 is 0 Å². The maximum Gasteiger partial charge on any atom is 0.254 e. The molecule has 1 saturated carbocycles. The molecule has 1 aliphatic carbocycles. The quantitative estimate of drug-likeness (QED) is 0.761. The molecule has 1 atom stereocenters. The number of amides is 1. The SMILES string of the molecule is CN(C)C(=O)c1ccc(NC(CC2CC2)c2cc(F)cc(Br)c2)nc1. The van der Waals surface area contributed by atoms with Crippen molar-refractivity contribution >= 4 is 27.7 Å². The van der Waals surface area contributed by atoms with Crippen molar-refractivity contribution in [2.45, 2.75) is 25.3 Å². The molecular weight excluding hydrogens is 385 g/mol. The Balaban J connectivity index is 1.79. The second-order valence-corrected chi connectivity index (χ2v) is 7.63. The van der Waals surface area contributed by atoms with Crippen molar-refractivity contribution < 1.29 is 9.18 Å². The van der Waals surface area contributed by atoms with E-state index in [1.807, 2.05) is 6.07 Å². The maximum atomic E-state index is 13.8. The van der Waals surface area contributed by atoms with Crippen LogP contribution in [0.4, 0.5) is 10.2 Å². The predicted molar refractivity (Wildman–Crippen MR) is 100 cm³/mol. The predicted octanol–water partition coefficient (Wildman–Crippen LogP) is 4.64. The van der Waals surface area contributed by atoms with E-state index >= 15 is 0 Å². The van der Waals surface area contributed by atoms with Crippen molar-refractivity contribution in [2.24, 2.45) is 5.92 Å². The zero-order chi connectivity index (χ0) is 18.0. The smallest absolute Gasteiger partial charge is 0.254 e. The first-order chi connectivity index (χ1) is 11.9. The molecule has 1 aromatic carbocycles. The summed E-state index contributed by atoms with van der Waals surface area (Å²) in [5.74, 6) is 1.02. The Morgan fingerprint density at radius 2 is 2.12 bits per heavy atom. The maximum absolute atomic E-state index is 13.8. The number of rotatable bonds is 6. The molecule has 1 aliphatic rings. The average molecular weight is 406 g/mol. The third-order valence-corrected chi connectivity index (χ3v) is 4.75. The van der Waals surface area contributed by atoms with E-state index in [0.29, 0.717) is 17.3 Å². The molecule has 0 bridgehead atoms. The molecule has 1 N–H and O–H groups in total. The monoisotopic (exact) mass is 405 g/mol. The number of aromatic nitrogens is 1. The minimum absolute atomic E-state index is 0.0117. The van der Waals surface area contributed by atoms with Gasteiger partial charge in [-0.05, 0) is 48.2 Å². The van der Waals surface area contributed by atoms with Crippen LogP contribution in [0, 0.1) is 11.7 Å². The van der Waals surface area contributed by atoms with Gasteiger partial charge in [0.05, 0.1) is 11.6 Å². The lowest BCUT2D eigenvalue weighted by Gasteiger charge is -2.20. The number of pyridine rings is 1. The summed E-state index contributed by atoms with van der Waals surface area (Å²) in [6.07, 6.45) is 4.95. The van der Waals surface area contributed by atoms with E-state index < -0.39 is 0 Å². The molecule has 0 aliphatic heterocycles. The van der Waals surface area contributed by atoms with Crippen LogP contribution in [0.3, 0.4) is 0 Å². The van der Waals surface area contributed by atoms with Crippen molar-refractivity contribution in [2.75, 3.05) is 19.4 Å². The van der Waals surface area contributed by atoms with Crippen LogP contribution in [0.1, 0.15) is 41.2 Å². The minimum Gasteiger partial charge on any atom is -0.363 e. The number of hydrogen-bond donors (Lipinski definition) is 1. The molecule has 3 rings (SSSR count). The highest BCUT2D eigenvalue weighted by atomic mass is 79.9. The zero-order valence-electron chi connectivity index (χ0n) is 14.3. The molecule has 1 aromatic heterocycles. The van der Waals surface area contributed by atoms with Crippen molar-refractivity contribution in [3.63, 3.8) is 0 Å². The number of halogens is 2. The first kappa shape index (κ1) is 17.9. The van der Waals surface area contributed by atoms with Crippen LogP contribution in [0.25, 0.3) is 0 Å². The molecule has 0 saturated heterocycles. The Hall–Kier alpha value is -1.95. The lowest BCUT2D eigenvalue weighted by atomic mass is 10.0. The lowest BCUT2D eigenvalue weighted by molar-refractivity contribution is 0.0827. The highest BCUT2D eigenvalue weighted by Crippen LogP contribution is 2.39.